The van der Waals surface area contributed by atoms with Gasteiger partial charge in [-0.05, 0) is 57.8 Å². The van der Waals surface area contributed by atoms with E-state index in [-0.39, 0.29) is 11.9 Å². The number of amides is 1. The van der Waals surface area contributed by atoms with Crippen LogP contribution in [0, 0.1) is 0 Å². The summed E-state index contributed by atoms with van der Waals surface area (Å²) in [6.07, 6.45) is 6.59. The second-order valence-electron chi connectivity index (χ2n) is 6.24. The summed E-state index contributed by atoms with van der Waals surface area (Å²) in [6.45, 7) is 4.83. The highest BCUT2D eigenvalue weighted by atomic mass is 16.3. The van der Waals surface area contributed by atoms with E-state index in [2.05, 4.69) is 15.5 Å². The van der Waals surface area contributed by atoms with Gasteiger partial charge in [-0.2, -0.15) is 0 Å². The number of nitrogens with one attached hydrogen (secondary N) is 2. The third-order valence-electron chi connectivity index (χ3n) is 4.72. The van der Waals surface area contributed by atoms with Crippen molar-refractivity contribution in [2.45, 2.75) is 57.3 Å². The van der Waals surface area contributed by atoms with Gasteiger partial charge >= 0.3 is 0 Å². The van der Waals surface area contributed by atoms with Crippen molar-refractivity contribution in [1.82, 2.24) is 15.5 Å². The van der Waals surface area contributed by atoms with Gasteiger partial charge in [0.05, 0.1) is 18.8 Å². The van der Waals surface area contributed by atoms with E-state index in [1.54, 1.807) is 6.26 Å². The smallest absolute Gasteiger partial charge is 0.237 e. The molecule has 21 heavy (non-hydrogen) atoms. The standard InChI is InChI=1S/C16H25N3O2/c1-12(16(20)17-11-15-5-3-9-21-15)18-13-6-8-19-7-2-4-14(19)10-13/h3,5,9,12-14,18H,2,4,6-8,10-11H2,1H3,(H,17,20). The number of hydrogen-bond acceptors (Lipinski definition) is 4. The molecule has 2 fully saturated rings. The summed E-state index contributed by atoms with van der Waals surface area (Å²) < 4.78 is 5.22. The summed E-state index contributed by atoms with van der Waals surface area (Å²) in [6, 6.07) is 4.74. The monoisotopic (exact) mass is 291 g/mol. The average Bonchev–Trinajstić information content (AvgIpc) is 3.15. The molecule has 2 saturated heterocycles. The zero-order valence-corrected chi connectivity index (χ0v) is 12.7. The Balaban J connectivity index is 1.42. The molecule has 2 aliphatic rings. The number of nitrogens with zero attached hydrogens (tertiary/aromatic N) is 1. The van der Waals surface area contributed by atoms with Gasteiger partial charge in [0, 0.05) is 12.1 Å². The lowest BCUT2D eigenvalue weighted by Crippen LogP contribution is -2.51. The maximum absolute atomic E-state index is 12.1. The molecule has 116 valence electrons. The first-order chi connectivity index (χ1) is 10.2. The maximum Gasteiger partial charge on any atom is 0.237 e. The van der Waals surface area contributed by atoms with Crippen molar-refractivity contribution in [2.75, 3.05) is 13.1 Å². The van der Waals surface area contributed by atoms with E-state index in [0.29, 0.717) is 12.6 Å². The molecule has 2 aliphatic heterocycles. The SMILES string of the molecule is CC(NC1CCN2CCCC2C1)C(=O)NCc1ccco1. The van der Waals surface area contributed by atoms with Crippen LogP contribution in [0.4, 0.5) is 0 Å². The predicted octanol–water partition coefficient (Wildman–Crippen LogP) is 1.50. The normalized spacial score (nSPS) is 27.3. The molecule has 5 nitrogen and oxygen atoms in total. The Hall–Kier alpha value is -1.33. The summed E-state index contributed by atoms with van der Waals surface area (Å²) in [5.41, 5.74) is 0. The molecule has 2 N–H and O–H groups in total. The third kappa shape index (κ3) is 3.66. The van der Waals surface area contributed by atoms with Gasteiger partial charge in [0.25, 0.3) is 0 Å². The second-order valence-corrected chi connectivity index (χ2v) is 6.24. The first-order valence-electron chi connectivity index (χ1n) is 8.02. The highest BCUT2D eigenvalue weighted by Crippen LogP contribution is 2.26. The van der Waals surface area contributed by atoms with Crippen LogP contribution in [0.25, 0.3) is 0 Å². The topological polar surface area (TPSA) is 57.5 Å². The van der Waals surface area contributed by atoms with Crippen LogP contribution in [0.3, 0.4) is 0 Å². The molecule has 0 aliphatic carbocycles. The maximum atomic E-state index is 12.1. The first kappa shape index (κ1) is 14.6. The molecule has 3 rings (SSSR count). The van der Waals surface area contributed by atoms with Crippen molar-refractivity contribution in [3.05, 3.63) is 24.2 Å². The van der Waals surface area contributed by atoms with Gasteiger partial charge in [-0.1, -0.05) is 0 Å². The molecule has 1 amide bonds. The first-order valence-corrected chi connectivity index (χ1v) is 8.02. The minimum absolute atomic E-state index is 0.0419. The molecule has 0 spiro atoms. The average molecular weight is 291 g/mol. The van der Waals surface area contributed by atoms with Crippen LogP contribution in [0.1, 0.15) is 38.4 Å². The Bertz CT molecular complexity index is 460. The number of carbonyl (C=O) groups excluding carboxylic acids is 1. The number of carbonyl (C=O) groups is 1. The summed E-state index contributed by atoms with van der Waals surface area (Å²) >= 11 is 0. The summed E-state index contributed by atoms with van der Waals surface area (Å²) in [7, 11) is 0. The van der Waals surface area contributed by atoms with Crippen LogP contribution in [0.2, 0.25) is 0 Å². The zero-order chi connectivity index (χ0) is 14.7. The van der Waals surface area contributed by atoms with Gasteiger partial charge in [0.2, 0.25) is 5.91 Å². The van der Waals surface area contributed by atoms with E-state index in [1.807, 2.05) is 19.1 Å². The highest BCUT2D eigenvalue weighted by Gasteiger charge is 2.32. The molecule has 3 atom stereocenters. The Morgan fingerprint density at radius 3 is 3.19 bits per heavy atom. The number of piperidine rings is 1. The van der Waals surface area contributed by atoms with Gasteiger partial charge in [-0.25, -0.2) is 0 Å². The van der Waals surface area contributed by atoms with E-state index in [1.165, 1.54) is 32.4 Å². The van der Waals surface area contributed by atoms with Gasteiger partial charge < -0.3 is 20.0 Å². The second kappa shape index (κ2) is 6.62. The Labute approximate surface area is 126 Å². The third-order valence-corrected chi connectivity index (χ3v) is 4.72. The van der Waals surface area contributed by atoms with Crippen LogP contribution < -0.4 is 10.6 Å². The highest BCUT2D eigenvalue weighted by molar-refractivity contribution is 5.81. The molecule has 0 bridgehead atoms. The van der Waals surface area contributed by atoms with Crippen molar-refractivity contribution in [3.63, 3.8) is 0 Å². The Morgan fingerprint density at radius 1 is 1.48 bits per heavy atom. The van der Waals surface area contributed by atoms with Crippen molar-refractivity contribution >= 4 is 5.91 Å². The van der Waals surface area contributed by atoms with Crippen molar-refractivity contribution in [2.24, 2.45) is 0 Å². The van der Waals surface area contributed by atoms with Crippen molar-refractivity contribution in [3.8, 4) is 0 Å². The molecule has 3 unspecified atom stereocenters. The fourth-order valence-corrected chi connectivity index (χ4v) is 3.55. The van der Waals surface area contributed by atoms with Crippen LogP contribution in [-0.4, -0.2) is 42.0 Å². The molecule has 3 heterocycles. The van der Waals surface area contributed by atoms with Gasteiger partial charge in [-0.3, -0.25) is 4.79 Å². The van der Waals surface area contributed by atoms with E-state index in [4.69, 9.17) is 4.42 Å². The Kier molecular flexibility index (Phi) is 4.60. The van der Waals surface area contributed by atoms with E-state index < -0.39 is 0 Å². The van der Waals surface area contributed by atoms with Crippen LogP contribution in [0.5, 0.6) is 0 Å². The summed E-state index contributed by atoms with van der Waals surface area (Å²) in [5, 5.41) is 6.41. The van der Waals surface area contributed by atoms with Gasteiger partial charge in [0.1, 0.15) is 5.76 Å². The van der Waals surface area contributed by atoms with Crippen molar-refractivity contribution in [1.29, 1.82) is 0 Å². The largest absolute Gasteiger partial charge is 0.467 e. The fourth-order valence-electron chi connectivity index (χ4n) is 3.55. The van der Waals surface area contributed by atoms with Crippen LogP contribution in [-0.2, 0) is 11.3 Å². The van der Waals surface area contributed by atoms with Crippen molar-refractivity contribution < 1.29 is 9.21 Å². The summed E-state index contributed by atoms with van der Waals surface area (Å²) in [5.74, 6) is 0.829. The van der Waals surface area contributed by atoms with E-state index in [0.717, 1.165) is 18.2 Å². The quantitative estimate of drug-likeness (QED) is 0.863. The molecular formula is C16H25N3O2. The van der Waals surface area contributed by atoms with E-state index in [9.17, 15) is 4.79 Å². The number of rotatable bonds is 5. The number of fused-ring (bicyclic) bond motifs is 1. The summed E-state index contributed by atoms with van der Waals surface area (Å²) in [4.78, 5) is 14.7. The predicted molar refractivity (Wildman–Crippen MR) is 80.8 cm³/mol. The number of furan rings is 1. The number of hydrogen-bond donors (Lipinski definition) is 2. The Morgan fingerprint density at radius 2 is 2.38 bits per heavy atom. The van der Waals surface area contributed by atoms with Crippen LogP contribution >= 0.6 is 0 Å². The molecule has 0 saturated carbocycles. The van der Waals surface area contributed by atoms with Gasteiger partial charge in [-0.15, -0.1) is 0 Å². The lowest BCUT2D eigenvalue weighted by molar-refractivity contribution is -0.123. The zero-order valence-electron chi connectivity index (χ0n) is 12.7. The van der Waals surface area contributed by atoms with Crippen LogP contribution in [0.15, 0.2) is 22.8 Å². The lowest BCUT2D eigenvalue weighted by Gasteiger charge is -2.36. The lowest BCUT2D eigenvalue weighted by atomic mass is 9.97. The van der Waals surface area contributed by atoms with E-state index >= 15 is 0 Å². The molecule has 0 aromatic carbocycles. The fraction of sp³-hybridized carbons (Fsp3) is 0.688. The minimum atomic E-state index is -0.155. The molecular weight excluding hydrogens is 266 g/mol. The molecule has 0 radical (unpaired) electrons. The molecule has 1 aromatic rings. The molecule has 1 aromatic heterocycles. The minimum Gasteiger partial charge on any atom is -0.467 e. The van der Waals surface area contributed by atoms with Gasteiger partial charge in [0.15, 0.2) is 0 Å². The molecule has 5 heteroatoms.